The topological polar surface area (TPSA) is 37.8 Å². The molecule has 0 radical (unpaired) electrons. The van der Waals surface area contributed by atoms with E-state index in [1.807, 2.05) is 18.2 Å². The van der Waals surface area contributed by atoms with Crippen molar-refractivity contribution >= 4 is 28.2 Å². The van der Waals surface area contributed by atoms with Gasteiger partial charge in [-0.3, -0.25) is 0 Å². The zero-order valence-corrected chi connectivity index (χ0v) is 11.4. The van der Waals surface area contributed by atoms with E-state index in [1.54, 1.807) is 0 Å². The molecule has 19 heavy (non-hydrogen) atoms. The summed E-state index contributed by atoms with van der Waals surface area (Å²) in [6.07, 6.45) is 5.44. The Labute approximate surface area is 117 Å². The van der Waals surface area contributed by atoms with Crippen LogP contribution in [-0.2, 0) is 0 Å². The van der Waals surface area contributed by atoms with Gasteiger partial charge in [-0.15, -0.1) is 10.2 Å². The van der Waals surface area contributed by atoms with Crippen LogP contribution in [0.3, 0.4) is 0 Å². The number of halogens is 1. The Morgan fingerprint density at radius 3 is 2.63 bits per heavy atom. The molecule has 98 valence electrons. The van der Waals surface area contributed by atoms with Crippen molar-refractivity contribution in [2.24, 2.45) is 11.8 Å². The third kappa shape index (κ3) is 1.88. The molecule has 2 saturated carbocycles. The lowest BCUT2D eigenvalue weighted by atomic mass is 9.95. The third-order valence-corrected chi connectivity index (χ3v) is 4.98. The molecule has 1 aromatic heterocycles. The van der Waals surface area contributed by atoms with E-state index in [2.05, 4.69) is 21.6 Å². The van der Waals surface area contributed by atoms with E-state index in [0.29, 0.717) is 11.2 Å². The Kier molecular flexibility index (Phi) is 2.62. The number of aromatic nitrogens is 2. The molecule has 3 unspecified atom stereocenters. The van der Waals surface area contributed by atoms with E-state index < -0.39 is 0 Å². The zero-order chi connectivity index (χ0) is 12.8. The van der Waals surface area contributed by atoms with Gasteiger partial charge in [-0.25, -0.2) is 0 Å². The van der Waals surface area contributed by atoms with Gasteiger partial charge in [0.2, 0.25) is 0 Å². The summed E-state index contributed by atoms with van der Waals surface area (Å²) in [4.78, 5) is 0. The number of benzene rings is 1. The number of anilines is 1. The van der Waals surface area contributed by atoms with Crippen LogP contribution in [0.15, 0.2) is 24.3 Å². The fourth-order valence-electron chi connectivity index (χ4n) is 3.77. The Balaban J connectivity index is 1.70. The average molecular weight is 274 g/mol. The van der Waals surface area contributed by atoms with Gasteiger partial charge in [0.15, 0.2) is 11.0 Å². The normalized spacial score (nSPS) is 29.0. The van der Waals surface area contributed by atoms with Crippen LogP contribution in [0.2, 0.25) is 5.15 Å². The van der Waals surface area contributed by atoms with Crippen molar-refractivity contribution < 1.29 is 0 Å². The second-order valence-corrected chi connectivity index (χ2v) is 6.17. The van der Waals surface area contributed by atoms with Crippen molar-refractivity contribution in [3.05, 3.63) is 29.4 Å². The number of rotatable bonds is 2. The zero-order valence-electron chi connectivity index (χ0n) is 10.6. The van der Waals surface area contributed by atoms with Crippen molar-refractivity contribution in [1.29, 1.82) is 0 Å². The number of hydrogen-bond donors (Lipinski definition) is 1. The molecule has 2 aliphatic carbocycles. The fourth-order valence-corrected chi connectivity index (χ4v) is 3.98. The smallest absolute Gasteiger partial charge is 0.159 e. The van der Waals surface area contributed by atoms with Crippen LogP contribution in [0.25, 0.3) is 10.8 Å². The predicted molar refractivity (Wildman–Crippen MR) is 77.4 cm³/mol. The van der Waals surface area contributed by atoms with E-state index in [1.165, 1.54) is 25.7 Å². The SMILES string of the molecule is Clc1nnc(NC2CC3CCC2C3)c2ccccc12. The summed E-state index contributed by atoms with van der Waals surface area (Å²) in [5, 5.41) is 14.5. The van der Waals surface area contributed by atoms with Crippen LogP contribution < -0.4 is 5.32 Å². The second kappa shape index (κ2) is 4.34. The molecule has 4 rings (SSSR count). The Morgan fingerprint density at radius 2 is 1.89 bits per heavy atom. The van der Waals surface area contributed by atoms with E-state index in [-0.39, 0.29) is 0 Å². The van der Waals surface area contributed by atoms with Gasteiger partial charge in [-0.05, 0) is 31.1 Å². The number of hydrogen-bond acceptors (Lipinski definition) is 3. The summed E-state index contributed by atoms with van der Waals surface area (Å²) in [7, 11) is 0. The summed E-state index contributed by atoms with van der Waals surface area (Å²) < 4.78 is 0. The molecular formula is C15H16ClN3. The lowest BCUT2D eigenvalue weighted by Crippen LogP contribution is -2.26. The average Bonchev–Trinajstić information content (AvgIpc) is 3.05. The summed E-state index contributed by atoms with van der Waals surface area (Å²) in [5.41, 5.74) is 0. The van der Waals surface area contributed by atoms with E-state index in [9.17, 15) is 0 Å². The van der Waals surface area contributed by atoms with Crippen molar-refractivity contribution in [2.45, 2.75) is 31.7 Å². The van der Waals surface area contributed by atoms with Gasteiger partial charge < -0.3 is 5.32 Å². The minimum absolute atomic E-state index is 0.481. The van der Waals surface area contributed by atoms with Crippen molar-refractivity contribution in [1.82, 2.24) is 10.2 Å². The molecule has 0 spiro atoms. The molecule has 3 atom stereocenters. The van der Waals surface area contributed by atoms with Crippen LogP contribution in [-0.4, -0.2) is 16.2 Å². The van der Waals surface area contributed by atoms with Gasteiger partial charge in [0.1, 0.15) is 0 Å². The van der Waals surface area contributed by atoms with Gasteiger partial charge in [0, 0.05) is 16.8 Å². The first-order chi connectivity index (χ1) is 9.31. The minimum atomic E-state index is 0.481. The molecule has 1 aromatic carbocycles. The molecule has 2 fully saturated rings. The standard InChI is InChI=1S/C15H16ClN3/c16-14-11-3-1-2-4-12(11)15(19-18-14)17-13-8-9-5-6-10(13)7-9/h1-4,9-10,13H,5-8H2,(H,17,19). The largest absolute Gasteiger partial charge is 0.365 e. The van der Waals surface area contributed by atoms with E-state index in [0.717, 1.165) is 28.4 Å². The van der Waals surface area contributed by atoms with Crippen LogP contribution in [0.4, 0.5) is 5.82 Å². The first-order valence-electron chi connectivity index (χ1n) is 6.99. The quantitative estimate of drug-likeness (QED) is 0.902. The molecule has 3 nitrogen and oxygen atoms in total. The molecule has 0 saturated heterocycles. The minimum Gasteiger partial charge on any atom is -0.365 e. The summed E-state index contributed by atoms with van der Waals surface area (Å²) in [6, 6.07) is 8.63. The van der Waals surface area contributed by atoms with Crippen molar-refractivity contribution in [3.63, 3.8) is 0 Å². The predicted octanol–water partition coefficient (Wildman–Crippen LogP) is 3.88. The van der Waals surface area contributed by atoms with Crippen molar-refractivity contribution in [3.8, 4) is 0 Å². The van der Waals surface area contributed by atoms with Crippen LogP contribution in [0, 0.1) is 11.8 Å². The highest BCUT2D eigenvalue weighted by Gasteiger charge is 2.39. The summed E-state index contributed by atoms with van der Waals surface area (Å²) >= 11 is 6.11. The molecule has 4 heteroatoms. The molecule has 2 aromatic rings. The Hall–Kier alpha value is -1.35. The lowest BCUT2D eigenvalue weighted by molar-refractivity contribution is 0.439. The molecular weight excluding hydrogens is 258 g/mol. The van der Waals surface area contributed by atoms with Crippen LogP contribution in [0.1, 0.15) is 25.7 Å². The molecule has 1 heterocycles. The van der Waals surface area contributed by atoms with Gasteiger partial charge in [-0.1, -0.05) is 42.3 Å². The summed E-state index contributed by atoms with van der Waals surface area (Å²) in [5.74, 6) is 2.63. The van der Waals surface area contributed by atoms with Gasteiger partial charge >= 0.3 is 0 Å². The monoisotopic (exact) mass is 273 g/mol. The molecule has 1 N–H and O–H groups in total. The Morgan fingerprint density at radius 1 is 1.05 bits per heavy atom. The number of fused-ring (bicyclic) bond motifs is 3. The first kappa shape index (κ1) is 11.5. The maximum Gasteiger partial charge on any atom is 0.159 e. The lowest BCUT2D eigenvalue weighted by Gasteiger charge is -2.23. The number of nitrogens with zero attached hydrogens (tertiary/aromatic N) is 2. The highest BCUT2D eigenvalue weighted by atomic mass is 35.5. The maximum absolute atomic E-state index is 6.11. The third-order valence-electron chi connectivity index (χ3n) is 4.70. The molecule has 0 amide bonds. The highest BCUT2D eigenvalue weighted by molar-refractivity contribution is 6.34. The van der Waals surface area contributed by atoms with E-state index in [4.69, 9.17) is 11.6 Å². The fraction of sp³-hybridized carbons (Fsp3) is 0.467. The van der Waals surface area contributed by atoms with E-state index >= 15 is 0 Å². The van der Waals surface area contributed by atoms with Crippen molar-refractivity contribution in [2.75, 3.05) is 5.32 Å². The number of nitrogens with one attached hydrogen (secondary N) is 1. The molecule has 2 aliphatic rings. The highest BCUT2D eigenvalue weighted by Crippen LogP contribution is 2.45. The van der Waals surface area contributed by atoms with Gasteiger partial charge in [0.25, 0.3) is 0 Å². The second-order valence-electron chi connectivity index (χ2n) is 5.81. The molecule has 2 bridgehead atoms. The van der Waals surface area contributed by atoms with Gasteiger partial charge in [-0.2, -0.15) is 0 Å². The van der Waals surface area contributed by atoms with Crippen LogP contribution >= 0.6 is 11.6 Å². The summed E-state index contributed by atoms with van der Waals surface area (Å²) in [6.45, 7) is 0. The van der Waals surface area contributed by atoms with Crippen LogP contribution in [0.5, 0.6) is 0 Å². The molecule has 0 aliphatic heterocycles. The Bertz CT molecular complexity index is 628. The van der Waals surface area contributed by atoms with Gasteiger partial charge in [0.05, 0.1) is 0 Å². The maximum atomic E-state index is 6.11. The first-order valence-corrected chi connectivity index (χ1v) is 7.36.